The number of benzene rings is 1. The summed E-state index contributed by atoms with van der Waals surface area (Å²) in [6.45, 7) is 0.812. The molecule has 1 aliphatic carbocycles. The van der Waals surface area contributed by atoms with Crippen molar-refractivity contribution in [3.8, 4) is 11.5 Å². The zero-order chi connectivity index (χ0) is 18.8. The van der Waals surface area contributed by atoms with E-state index in [0.717, 1.165) is 19.3 Å². The van der Waals surface area contributed by atoms with Crippen LogP contribution in [-0.2, 0) is 14.3 Å². The number of carbonyl (C=O) groups excluding carboxylic acids is 2. The molecule has 1 aromatic rings. The molecule has 7 nitrogen and oxygen atoms in total. The fourth-order valence-electron chi connectivity index (χ4n) is 4.55. The molecule has 27 heavy (non-hydrogen) atoms. The lowest BCUT2D eigenvalue weighted by Gasteiger charge is -2.44. The van der Waals surface area contributed by atoms with Crippen LogP contribution in [0.5, 0.6) is 11.5 Å². The van der Waals surface area contributed by atoms with Gasteiger partial charge in [-0.05, 0) is 43.2 Å². The molecule has 0 spiro atoms. The molecule has 2 aliphatic heterocycles. The molecule has 1 aromatic carbocycles. The van der Waals surface area contributed by atoms with E-state index in [2.05, 4.69) is 10.6 Å². The molecule has 4 rings (SSSR count). The monoisotopic (exact) mass is 374 g/mol. The van der Waals surface area contributed by atoms with Gasteiger partial charge in [-0.2, -0.15) is 0 Å². The lowest BCUT2D eigenvalue weighted by Crippen LogP contribution is -2.57. The van der Waals surface area contributed by atoms with Crippen molar-refractivity contribution in [2.24, 2.45) is 11.8 Å². The van der Waals surface area contributed by atoms with E-state index in [4.69, 9.17) is 14.2 Å². The molecule has 1 saturated carbocycles. The van der Waals surface area contributed by atoms with Gasteiger partial charge in [0.05, 0.1) is 0 Å². The summed E-state index contributed by atoms with van der Waals surface area (Å²) in [6.07, 6.45) is 2.48. The fraction of sp³-hybridized carbons (Fsp3) is 0.600. The number of ether oxygens (including phenoxy) is 3. The maximum Gasteiger partial charge on any atom is 0.264 e. The minimum absolute atomic E-state index is 0.0288. The van der Waals surface area contributed by atoms with Crippen molar-refractivity contribution < 1.29 is 23.8 Å². The Bertz CT molecular complexity index is 709. The number of nitrogens with one attached hydrogen (secondary N) is 2. The topological polar surface area (TPSA) is 85.9 Å². The van der Waals surface area contributed by atoms with Gasteiger partial charge in [-0.1, -0.05) is 12.1 Å². The van der Waals surface area contributed by atoms with Crippen molar-refractivity contribution in [3.63, 3.8) is 0 Å². The molecule has 3 aliphatic rings. The summed E-state index contributed by atoms with van der Waals surface area (Å²) in [5, 5.41) is 6.19. The number of fused-ring (bicyclic) bond motifs is 2. The molecule has 1 saturated heterocycles. The second-order valence-corrected chi connectivity index (χ2v) is 7.64. The first-order chi connectivity index (χ1) is 13.1. The molecule has 0 aromatic heterocycles. The number of para-hydroxylation sites is 2. The van der Waals surface area contributed by atoms with Gasteiger partial charge in [0.2, 0.25) is 12.0 Å². The molecule has 5 atom stereocenters. The number of hydrogen-bond acceptors (Lipinski definition) is 5. The smallest absolute Gasteiger partial charge is 0.264 e. The van der Waals surface area contributed by atoms with Gasteiger partial charge in [-0.25, -0.2) is 0 Å². The van der Waals surface area contributed by atoms with E-state index >= 15 is 0 Å². The highest BCUT2D eigenvalue weighted by molar-refractivity contribution is 5.82. The van der Waals surface area contributed by atoms with Crippen LogP contribution in [-0.4, -0.2) is 50.3 Å². The van der Waals surface area contributed by atoms with Gasteiger partial charge < -0.3 is 24.8 Å². The lowest BCUT2D eigenvalue weighted by atomic mass is 9.71. The molecule has 2 amide bonds. The summed E-state index contributed by atoms with van der Waals surface area (Å²) in [6, 6.07) is 7.47. The van der Waals surface area contributed by atoms with E-state index in [-0.39, 0.29) is 36.4 Å². The highest BCUT2D eigenvalue weighted by atomic mass is 16.6. The highest BCUT2D eigenvalue weighted by Gasteiger charge is 2.41. The van der Waals surface area contributed by atoms with Gasteiger partial charge in [0.15, 0.2) is 11.5 Å². The summed E-state index contributed by atoms with van der Waals surface area (Å²) in [5.41, 5.74) is 0. The van der Waals surface area contributed by atoms with Crippen molar-refractivity contribution in [2.45, 2.75) is 43.9 Å². The summed E-state index contributed by atoms with van der Waals surface area (Å²) in [4.78, 5) is 24.6. The van der Waals surface area contributed by atoms with Crippen molar-refractivity contribution in [3.05, 3.63) is 24.3 Å². The first kappa shape index (κ1) is 18.1. The molecule has 7 heteroatoms. The van der Waals surface area contributed by atoms with E-state index in [1.807, 2.05) is 18.2 Å². The average Bonchev–Trinajstić information content (AvgIpc) is 2.67. The van der Waals surface area contributed by atoms with E-state index in [1.54, 1.807) is 13.2 Å². The van der Waals surface area contributed by atoms with Crippen LogP contribution >= 0.6 is 0 Å². The molecule has 0 bridgehead atoms. The Kier molecular flexibility index (Phi) is 5.20. The summed E-state index contributed by atoms with van der Waals surface area (Å²) >= 11 is 0. The number of hydrogen-bond donors (Lipinski definition) is 2. The van der Waals surface area contributed by atoms with E-state index in [1.165, 1.54) is 0 Å². The van der Waals surface area contributed by atoms with Gasteiger partial charge >= 0.3 is 0 Å². The molecular formula is C20H26N2O5. The van der Waals surface area contributed by atoms with Crippen LogP contribution in [0.15, 0.2) is 24.3 Å². The molecule has 2 heterocycles. The third-order valence-corrected chi connectivity index (χ3v) is 5.83. The van der Waals surface area contributed by atoms with Crippen molar-refractivity contribution in [1.82, 2.24) is 10.6 Å². The van der Waals surface area contributed by atoms with Crippen LogP contribution in [0.1, 0.15) is 25.7 Å². The molecular weight excluding hydrogens is 348 g/mol. The highest BCUT2D eigenvalue weighted by Crippen LogP contribution is 2.36. The Morgan fingerprint density at radius 2 is 2.11 bits per heavy atom. The Hall–Kier alpha value is -2.28. The Morgan fingerprint density at radius 1 is 1.30 bits per heavy atom. The third-order valence-electron chi connectivity index (χ3n) is 5.83. The zero-order valence-corrected chi connectivity index (χ0v) is 15.5. The number of piperidine rings is 1. The second kappa shape index (κ2) is 7.76. The Balaban J connectivity index is 1.34. The number of rotatable bonds is 4. The SMILES string of the molecule is COCC1CC(=O)NC2CC(NC(=O)C3COc4ccccc4O3)CCC12. The van der Waals surface area contributed by atoms with E-state index in [9.17, 15) is 9.59 Å². The Labute approximate surface area is 158 Å². The molecule has 146 valence electrons. The second-order valence-electron chi connectivity index (χ2n) is 7.64. The molecule has 2 N–H and O–H groups in total. The predicted molar refractivity (Wildman–Crippen MR) is 97.5 cm³/mol. The van der Waals surface area contributed by atoms with Crippen LogP contribution in [0.2, 0.25) is 0 Å². The van der Waals surface area contributed by atoms with Gasteiger partial charge in [0, 0.05) is 32.2 Å². The van der Waals surface area contributed by atoms with Crippen molar-refractivity contribution in [2.75, 3.05) is 20.3 Å². The maximum absolute atomic E-state index is 12.6. The van der Waals surface area contributed by atoms with Crippen LogP contribution in [0.4, 0.5) is 0 Å². The van der Waals surface area contributed by atoms with Crippen molar-refractivity contribution in [1.29, 1.82) is 0 Å². The minimum atomic E-state index is -0.653. The zero-order valence-electron chi connectivity index (χ0n) is 15.5. The summed E-state index contributed by atoms with van der Waals surface area (Å²) in [7, 11) is 1.68. The van der Waals surface area contributed by atoms with Crippen LogP contribution in [0.25, 0.3) is 0 Å². The van der Waals surface area contributed by atoms with Crippen LogP contribution in [0.3, 0.4) is 0 Å². The summed E-state index contributed by atoms with van der Waals surface area (Å²) < 4.78 is 16.7. The van der Waals surface area contributed by atoms with Crippen LogP contribution < -0.4 is 20.1 Å². The normalized spacial score (nSPS) is 32.2. The van der Waals surface area contributed by atoms with E-state index < -0.39 is 6.10 Å². The summed E-state index contributed by atoms with van der Waals surface area (Å²) in [5.74, 6) is 1.84. The Morgan fingerprint density at radius 3 is 2.93 bits per heavy atom. The van der Waals surface area contributed by atoms with Gasteiger partial charge in [-0.3, -0.25) is 9.59 Å². The molecule has 0 radical (unpaired) electrons. The third kappa shape index (κ3) is 3.88. The lowest BCUT2D eigenvalue weighted by molar-refractivity contribution is -0.132. The standard InChI is InChI=1S/C20H26N2O5/c1-25-10-12-8-19(23)22-15-9-13(6-7-14(12)15)21-20(24)18-11-26-16-4-2-3-5-17(16)27-18/h2-5,12-15,18H,6-11H2,1H3,(H,21,24)(H,22,23). The first-order valence-electron chi connectivity index (χ1n) is 9.61. The maximum atomic E-state index is 12.6. The first-order valence-corrected chi connectivity index (χ1v) is 9.61. The van der Waals surface area contributed by atoms with E-state index in [0.29, 0.717) is 30.4 Å². The molecule has 5 unspecified atom stereocenters. The number of amides is 2. The van der Waals surface area contributed by atoms with Crippen LogP contribution in [0, 0.1) is 11.8 Å². The van der Waals surface area contributed by atoms with Crippen molar-refractivity contribution >= 4 is 11.8 Å². The van der Waals surface area contributed by atoms with Gasteiger partial charge in [-0.15, -0.1) is 0 Å². The minimum Gasteiger partial charge on any atom is -0.485 e. The average molecular weight is 374 g/mol. The fourth-order valence-corrected chi connectivity index (χ4v) is 4.55. The largest absolute Gasteiger partial charge is 0.485 e. The quantitative estimate of drug-likeness (QED) is 0.829. The predicted octanol–water partition coefficient (Wildman–Crippen LogP) is 1.26. The molecule has 2 fully saturated rings. The van der Waals surface area contributed by atoms with Gasteiger partial charge in [0.25, 0.3) is 5.91 Å². The number of methoxy groups -OCH3 is 1. The van der Waals surface area contributed by atoms with Gasteiger partial charge in [0.1, 0.15) is 6.61 Å². The number of carbonyl (C=O) groups is 2.